The molecule has 0 bridgehead atoms. The lowest BCUT2D eigenvalue weighted by Gasteiger charge is -2.05. The minimum atomic E-state index is -1.01. The third kappa shape index (κ3) is 1.53. The van der Waals surface area contributed by atoms with Crippen LogP contribution in [-0.4, -0.2) is 25.7 Å². The lowest BCUT2D eigenvalue weighted by Crippen LogP contribution is -2.03. The van der Waals surface area contributed by atoms with E-state index in [1.165, 1.54) is 6.33 Å². The Kier molecular flexibility index (Phi) is 2.30. The van der Waals surface area contributed by atoms with E-state index in [0.29, 0.717) is 5.65 Å². The van der Waals surface area contributed by atoms with Crippen LogP contribution in [0.1, 0.15) is 10.4 Å². The smallest absolute Gasteiger partial charge is 0.339 e. The number of aromatic carboxylic acids is 1. The molecule has 0 spiro atoms. The number of hydrogen-bond donors (Lipinski definition) is 1. The zero-order valence-corrected chi connectivity index (χ0v) is 9.32. The molecule has 18 heavy (non-hydrogen) atoms. The lowest BCUT2D eigenvalue weighted by atomic mass is 10.1. The predicted molar refractivity (Wildman–Crippen MR) is 65.4 cm³/mol. The summed E-state index contributed by atoms with van der Waals surface area (Å²) in [5.41, 5.74) is 2.27. The molecule has 1 N–H and O–H groups in total. The standard InChI is InChI=1S/C13H9N3O2/c17-13(18)10-6-7-11(9-4-2-1-3-5-9)16-12(10)14-8-15-16/h1-8H,(H,17,18). The Hall–Kier alpha value is -2.69. The zero-order chi connectivity index (χ0) is 12.5. The molecule has 1 aromatic carbocycles. The first kappa shape index (κ1) is 10.5. The van der Waals surface area contributed by atoms with Crippen molar-refractivity contribution in [2.24, 2.45) is 0 Å². The fourth-order valence-electron chi connectivity index (χ4n) is 1.90. The van der Waals surface area contributed by atoms with E-state index in [-0.39, 0.29) is 5.56 Å². The molecule has 0 unspecified atom stereocenters. The molecule has 0 atom stereocenters. The van der Waals surface area contributed by atoms with Crippen LogP contribution in [0.5, 0.6) is 0 Å². The van der Waals surface area contributed by atoms with Crippen LogP contribution in [0, 0.1) is 0 Å². The van der Waals surface area contributed by atoms with Crippen LogP contribution >= 0.6 is 0 Å². The van der Waals surface area contributed by atoms with Gasteiger partial charge in [0.25, 0.3) is 0 Å². The summed E-state index contributed by atoms with van der Waals surface area (Å²) in [6.07, 6.45) is 1.36. The van der Waals surface area contributed by atoms with Gasteiger partial charge in [-0.3, -0.25) is 0 Å². The Balaban J connectivity index is 2.30. The molecular weight excluding hydrogens is 230 g/mol. The number of carbonyl (C=O) groups is 1. The van der Waals surface area contributed by atoms with Gasteiger partial charge >= 0.3 is 5.97 Å². The Morgan fingerprint density at radius 2 is 1.89 bits per heavy atom. The summed E-state index contributed by atoms with van der Waals surface area (Å²) in [6.45, 7) is 0. The number of rotatable bonds is 2. The van der Waals surface area contributed by atoms with Gasteiger partial charge < -0.3 is 5.11 Å². The molecule has 0 saturated heterocycles. The summed E-state index contributed by atoms with van der Waals surface area (Å²) in [5.74, 6) is -1.01. The molecular formula is C13H9N3O2. The van der Waals surface area contributed by atoms with E-state index in [0.717, 1.165) is 11.3 Å². The first-order valence-electron chi connectivity index (χ1n) is 5.39. The molecule has 5 heteroatoms. The first-order chi connectivity index (χ1) is 8.77. The van der Waals surface area contributed by atoms with Crippen molar-refractivity contribution in [1.29, 1.82) is 0 Å². The van der Waals surface area contributed by atoms with Gasteiger partial charge in [-0.05, 0) is 12.1 Å². The molecule has 5 nitrogen and oxygen atoms in total. The topological polar surface area (TPSA) is 67.5 Å². The van der Waals surface area contributed by atoms with Gasteiger partial charge in [0.15, 0.2) is 5.65 Å². The van der Waals surface area contributed by atoms with Crippen molar-refractivity contribution >= 4 is 11.6 Å². The number of carboxylic acid groups (broad SMARTS) is 1. The maximum absolute atomic E-state index is 11.1. The van der Waals surface area contributed by atoms with Crippen LogP contribution in [0.2, 0.25) is 0 Å². The summed E-state index contributed by atoms with van der Waals surface area (Å²) in [5, 5.41) is 13.2. The summed E-state index contributed by atoms with van der Waals surface area (Å²) in [6, 6.07) is 12.9. The van der Waals surface area contributed by atoms with E-state index < -0.39 is 5.97 Å². The van der Waals surface area contributed by atoms with Gasteiger partial charge in [-0.2, -0.15) is 5.10 Å². The molecule has 0 fully saturated rings. The maximum Gasteiger partial charge on any atom is 0.339 e. The second-order valence-electron chi connectivity index (χ2n) is 3.80. The monoisotopic (exact) mass is 239 g/mol. The van der Waals surface area contributed by atoms with E-state index in [2.05, 4.69) is 10.1 Å². The summed E-state index contributed by atoms with van der Waals surface area (Å²) in [7, 11) is 0. The fourth-order valence-corrected chi connectivity index (χ4v) is 1.90. The average Bonchev–Trinajstić information content (AvgIpc) is 2.87. The first-order valence-corrected chi connectivity index (χ1v) is 5.39. The molecule has 2 heterocycles. The molecule has 0 aliphatic heterocycles. The highest BCUT2D eigenvalue weighted by Crippen LogP contribution is 2.21. The third-order valence-electron chi connectivity index (χ3n) is 2.72. The third-order valence-corrected chi connectivity index (χ3v) is 2.72. The van der Waals surface area contributed by atoms with Crippen molar-refractivity contribution in [2.45, 2.75) is 0 Å². The molecule has 0 amide bonds. The number of aromatic nitrogens is 3. The summed E-state index contributed by atoms with van der Waals surface area (Å²) >= 11 is 0. The molecule has 0 radical (unpaired) electrons. The molecule has 3 rings (SSSR count). The minimum absolute atomic E-state index is 0.146. The van der Waals surface area contributed by atoms with Crippen LogP contribution in [-0.2, 0) is 0 Å². The summed E-state index contributed by atoms with van der Waals surface area (Å²) < 4.78 is 1.54. The second-order valence-corrected chi connectivity index (χ2v) is 3.80. The van der Waals surface area contributed by atoms with Gasteiger partial charge in [-0.1, -0.05) is 30.3 Å². The van der Waals surface area contributed by atoms with E-state index in [1.807, 2.05) is 30.3 Å². The maximum atomic E-state index is 11.1. The van der Waals surface area contributed by atoms with Crippen molar-refractivity contribution in [3.05, 3.63) is 54.4 Å². The lowest BCUT2D eigenvalue weighted by molar-refractivity contribution is 0.0698. The SMILES string of the molecule is O=C(O)c1ccc(-c2ccccc2)n2ncnc12. The molecule has 0 aliphatic rings. The van der Waals surface area contributed by atoms with Crippen molar-refractivity contribution in [2.75, 3.05) is 0 Å². The van der Waals surface area contributed by atoms with E-state index in [4.69, 9.17) is 5.11 Å². The second kappa shape index (κ2) is 3.96. The molecule has 0 aliphatic carbocycles. The predicted octanol–water partition coefficient (Wildman–Crippen LogP) is 2.09. The van der Waals surface area contributed by atoms with Gasteiger partial charge in [0.05, 0.1) is 5.69 Å². The Morgan fingerprint density at radius 3 is 2.61 bits per heavy atom. The summed E-state index contributed by atoms with van der Waals surface area (Å²) in [4.78, 5) is 15.1. The Bertz CT molecular complexity index is 719. The van der Waals surface area contributed by atoms with E-state index in [9.17, 15) is 4.79 Å². The van der Waals surface area contributed by atoms with Crippen molar-refractivity contribution in [3.63, 3.8) is 0 Å². The quantitative estimate of drug-likeness (QED) is 0.743. The van der Waals surface area contributed by atoms with Crippen LogP contribution in [0.25, 0.3) is 16.9 Å². The number of pyridine rings is 1. The molecule has 0 saturated carbocycles. The van der Waals surface area contributed by atoms with Crippen molar-refractivity contribution in [3.8, 4) is 11.3 Å². The largest absolute Gasteiger partial charge is 0.478 e. The van der Waals surface area contributed by atoms with Crippen LogP contribution in [0.3, 0.4) is 0 Å². The van der Waals surface area contributed by atoms with Gasteiger partial charge in [-0.15, -0.1) is 0 Å². The molecule has 3 aromatic rings. The molecule has 88 valence electrons. The highest BCUT2D eigenvalue weighted by molar-refractivity contribution is 5.94. The average molecular weight is 239 g/mol. The number of benzene rings is 1. The number of carboxylic acids is 1. The minimum Gasteiger partial charge on any atom is -0.478 e. The van der Waals surface area contributed by atoms with Crippen molar-refractivity contribution < 1.29 is 9.90 Å². The molecule has 2 aromatic heterocycles. The van der Waals surface area contributed by atoms with E-state index in [1.54, 1.807) is 16.6 Å². The van der Waals surface area contributed by atoms with Crippen LogP contribution in [0.15, 0.2) is 48.8 Å². The fraction of sp³-hybridized carbons (Fsp3) is 0. The highest BCUT2D eigenvalue weighted by atomic mass is 16.4. The Morgan fingerprint density at radius 1 is 1.11 bits per heavy atom. The van der Waals surface area contributed by atoms with Gasteiger partial charge in [-0.25, -0.2) is 14.3 Å². The van der Waals surface area contributed by atoms with Gasteiger partial charge in [0.1, 0.15) is 11.9 Å². The number of nitrogens with zero attached hydrogens (tertiary/aromatic N) is 3. The van der Waals surface area contributed by atoms with Crippen LogP contribution < -0.4 is 0 Å². The number of fused-ring (bicyclic) bond motifs is 1. The van der Waals surface area contributed by atoms with Crippen molar-refractivity contribution in [1.82, 2.24) is 14.6 Å². The highest BCUT2D eigenvalue weighted by Gasteiger charge is 2.13. The number of hydrogen-bond acceptors (Lipinski definition) is 3. The van der Waals surface area contributed by atoms with Gasteiger partial charge in [0.2, 0.25) is 0 Å². The van der Waals surface area contributed by atoms with Crippen LogP contribution in [0.4, 0.5) is 0 Å². The van der Waals surface area contributed by atoms with E-state index >= 15 is 0 Å². The zero-order valence-electron chi connectivity index (χ0n) is 9.32. The van der Waals surface area contributed by atoms with Gasteiger partial charge in [0, 0.05) is 5.56 Å². The Labute approximate surface area is 102 Å². The normalized spacial score (nSPS) is 10.7.